The number of ether oxygens (including phenoxy) is 2. The van der Waals surface area contributed by atoms with Gasteiger partial charge < -0.3 is 14.6 Å². The summed E-state index contributed by atoms with van der Waals surface area (Å²) in [7, 11) is 3.63. The number of hydrogen-bond acceptors (Lipinski definition) is 3. The van der Waals surface area contributed by atoms with E-state index in [0.717, 1.165) is 42.4 Å². The van der Waals surface area contributed by atoms with E-state index in [1.54, 1.807) is 0 Å². The van der Waals surface area contributed by atoms with Crippen molar-refractivity contribution in [2.45, 2.75) is 83.5 Å². The zero-order valence-corrected chi connectivity index (χ0v) is 16.7. The summed E-state index contributed by atoms with van der Waals surface area (Å²) in [5.74, 6) is 4.54. The van der Waals surface area contributed by atoms with Crippen molar-refractivity contribution in [2.75, 3.05) is 14.2 Å². The molecule has 25 heavy (non-hydrogen) atoms. The minimum Gasteiger partial charge on any atom is -0.393 e. The Morgan fingerprint density at radius 2 is 1.60 bits per heavy atom. The normalized spacial score (nSPS) is 49.8. The average molecular weight is 351 g/mol. The van der Waals surface area contributed by atoms with Crippen molar-refractivity contribution < 1.29 is 14.6 Å². The molecule has 0 saturated heterocycles. The van der Waals surface area contributed by atoms with Crippen LogP contribution in [0.1, 0.15) is 71.6 Å². The summed E-state index contributed by atoms with van der Waals surface area (Å²) in [6.07, 6.45) is 11.3. The van der Waals surface area contributed by atoms with Crippen molar-refractivity contribution in [3.8, 4) is 0 Å². The van der Waals surface area contributed by atoms with Gasteiger partial charge in [0.25, 0.3) is 0 Å². The predicted molar refractivity (Wildman–Crippen MR) is 99.0 cm³/mol. The van der Waals surface area contributed by atoms with Crippen molar-refractivity contribution in [3.05, 3.63) is 0 Å². The van der Waals surface area contributed by atoms with Crippen LogP contribution in [-0.4, -0.2) is 31.2 Å². The van der Waals surface area contributed by atoms with Gasteiger partial charge in [-0.15, -0.1) is 0 Å². The third-order valence-electron chi connectivity index (χ3n) is 9.35. The van der Waals surface area contributed by atoms with Gasteiger partial charge >= 0.3 is 0 Å². The van der Waals surface area contributed by atoms with Crippen LogP contribution in [-0.2, 0) is 9.47 Å². The highest BCUT2D eigenvalue weighted by Crippen LogP contribution is 2.65. The lowest BCUT2D eigenvalue weighted by molar-refractivity contribution is -0.247. The first-order valence-corrected chi connectivity index (χ1v) is 10.7. The van der Waals surface area contributed by atoms with Crippen LogP contribution in [0.25, 0.3) is 0 Å². The van der Waals surface area contributed by atoms with Gasteiger partial charge in [0.15, 0.2) is 5.79 Å². The zero-order valence-electron chi connectivity index (χ0n) is 16.7. The van der Waals surface area contributed by atoms with Crippen molar-refractivity contribution in [2.24, 2.45) is 40.9 Å². The molecule has 3 nitrogen and oxygen atoms in total. The van der Waals surface area contributed by atoms with Crippen molar-refractivity contribution in [3.63, 3.8) is 0 Å². The average Bonchev–Trinajstić information content (AvgIpc) is 2.98. The molecule has 1 N–H and O–H groups in total. The molecular weight excluding hydrogens is 312 g/mol. The van der Waals surface area contributed by atoms with E-state index < -0.39 is 0 Å². The molecule has 0 aliphatic heterocycles. The number of rotatable bonds is 3. The highest BCUT2D eigenvalue weighted by molar-refractivity contribution is 5.07. The van der Waals surface area contributed by atoms with Crippen LogP contribution >= 0.6 is 0 Å². The summed E-state index contributed by atoms with van der Waals surface area (Å²) < 4.78 is 11.6. The van der Waals surface area contributed by atoms with Gasteiger partial charge in [-0.3, -0.25) is 0 Å². The fraction of sp³-hybridized carbons (Fsp3) is 1.00. The third-order valence-corrected chi connectivity index (χ3v) is 9.35. The minimum atomic E-state index is -0.318. The van der Waals surface area contributed by atoms with Crippen LogP contribution in [0.5, 0.6) is 0 Å². The molecule has 144 valence electrons. The smallest absolute Gasteiger partial charge is 0.167 e. The Balaban J connectivity index is 1.52. The van der Waals surface area contributed by atoms with E-state index in [-0.39, 0.29) is 11.9 Å². The lowest BCUT2D eigenvalue weighted by Gasteiger charge is -2.57. The molecule has 0 heterocycles. The maximum atomic E-state index is 10.3. The fourth-order valence-electron chi connectivity index (χ4n) is 8.11. The van der Waals surface area contributed by atoms with Gasteiger partial charge in [-0.25, -0.2) is 0 Å². The quantitative estimate of drug-likeness (QED) is 0.755. The van der Waals surface area contributed by atoms with E-state index in [1.165, 1.54) is 44.9 Å². The molecule has 0 amide bonds. The van der Waals surface area contributed by atoms with Gasteiger partial charge in [0.1, 0.15) is 0 Å². The minimum absolute atomic E-state index is 0.137. The summed E-state index contributed by atoms with van der Waals surface area (Å²) in [6, 6.07) is 0. The van der Waals surface area contributed by atoms with Crippen molar-refractivity contribution in [1.29, 1.82) is 0 Å². The third kappa shape index (κ3) is 2.72. The van der Waals surface area contributed by atoms with Crippen LogP contribution in [0.15, 0.2) is 0 Å². The molecule has 0 radical (unpaired) electrons. The van der Waals surface area contributed by atoms with Crippen LogP contribution in [0.3, 0.4) is 0 Å². The lowest BCUT2D eigenvalue weighted by Crippen LogP contribution is -2.52. The first kappa shape index (κ1) is 18.3. The SMILES string of the molecule is COC1(OC)CC[C@H]2[C@H](CC[C@@H]3[C@@H]2CC[C@]2(C)[C@@H](C(C)O)CC[C@@H]32)C1. The van der Waals surface area contributed by atoms with Gasteiger partial charge in [-0.05, 0) is 92.8 Å². The predicted octanol–water partition coefficient (Wildman–Crippen LogP) is 4.63. The second-order valence-electron chi connectivity index (χ2n) is 9.97. The van der Waals surface area contributed by atoms with Gasteiger partial charge in [-0.2, -0.15) is 0 Å². The van der Waals surface area contributed by atoms with Gasteiger partial charge in [-0.1, -0.05) is 6.92 Å². The Kier molecular flexibility index (Phi) is 4.74. The Labute approximate surface area is 153 Å². The van der Waals surface area contributed by atoms with E-state index >= 15 is 0 Å². The van der Waals surface area contributed by atoms with Gasteiger partial charge in [0.2, 0.25) is 0 Å². The zero-order chi connectivity index (χ0) is 17.8. The second kappa shape index (κ2) is 6.49. The summed E-state index contributed by atoms with van der Waals surface area (Å²) in [5, 5.41) is 10.3. The van der Waals surface area contributed by atoms with Crippen molar-refractivity contribution in [1.82, 2.24) is 0 Å². The molecule has 1 unspecified atom stereocenters. The first-order valence-electron chi connectivity index (χ1n) is 10.7. The lowest BCUT2D eigenvalue weighted by atomic mass is 9.49. The van der Waals surface area contributed by atoms with Gasteiger partial charge in [0.05, 0.1) is 6.10 Å². The molecule has 0 aromatic rings. The molecule has 8 atom stereocenters. The molecular formula is C22H38O3. The molecule has 4 aliphatic carbocycles. The molecule has 4 saturated carbocycles. The summed E-state index contributed by atoms with van der Waals surface area (Å²) in [4.78, 5) is 0. The topological polar surface area (TPSA) is 38.7 Å². The second-order valence-corrected chi connectivity index (χ2v) is 9.97. The van der Waals surface area contributed by atoms with E-state index in [4.69, 9.17) is 9.47 Å². The molecule has 0 aromatic carbocycles. The van der Waals surface area contributed by atoms with E-state index in [9.17, 15) is 5.11 Å². The number of hydrogen-bond donors (Lipinski definition) is 1. The van der Waals surface area contributed by atoms with Gasteiger partial charge in [0, 0.05) is 27.1 Å². The maximum Gasteiger partial charge on any atom is 0.167 e. The summed E-state index contributed by atoms with van der Waals surface area (Å²) >= 11 is 0. The highest BCUT2D eigenvalue weighted by Gasteiger charge is 2.58. The summed E-state index contributed by atoms with van der Waals surface area (Å²) in [5.41, 5.74) is 0.389. The molecule has 0 aromatic heterocycles. The number of aliphatic hydroxyl groups is 1. The van der Waals surface area contributed by atoms with Crippen molar-refractivity contribution >= 4 is 0 Å². The van der Waals surface area contributed by atoms with E-state index in [2.05, 4.69) is 6.92 Å². The molecule has 3 heteroatoms. The number of fused-ring (bicyclic) bond motifs is 5. The molecule has 0 bridgehead atoms. The fourth-order valence-corrected chi connectivity index (χ4v) is 8.11. The maximum absolute atomic E-state index is 10.3. The molecule has 4 rings (SSSR count). The summed E-state index contributed by atoms with van der Waals surface area (Å²) in [6.45, 7) is 4.53. The molecule has 4 aliphatic rings. The van der Waals surface area contributed by atoms with E-state index in [1.807, 2.05) is 21.1 Å². The number of aliphatic hydroxyl groups excluding tert-OH is 1. The molecule has 4 fully saturated rings. The number of methoxy groups -OCH3 is 2. The largest absolute Gasteiger partial charge is 0.393 e. The van der Waals surface area contributed by atoms with E-state index in [0.29, 0.717) is 11.3 Å². The Bertz CT molecular complexity index is 486. The van der Waals surface area contributed by atoms with Crippen LogP contribution < -0.4 is 0 Å². The standard InChI is InChI=1S/C22H38O3/c1-14(23)19-7-8-20-18-6-5-15-13-22(24-3,25-4)12-10-16(15)17(18)9-11-21(19,20)2/h14-20,23H,5-13H2,1-4H3/t14?,15-,16+,17-,18-,19-,20+,21-/m1/s1. The van der Waals surface area contributed by atoms with Crippen LogP contribution in [0.4, 0.5) is 0 Å². The Hall–Kier alpha value is -0.120. The Morgan fingerprint density at radius 1 is 0.880 bits per heavy atom. The highest BCUT2D eigenvalue weighted by atomic mass is 16.7. The molecule has 0 spiro atoms. The van der Waals surface area contributed by atoms with Crippen LogP contribution in [0.2, 0.25) is 0 Å². The van der Waals surface area contributed by atoms with Crippen LogP contribution in [0, 0.1) is 40.9 Å². The monoisotopic (exact) mass is 350 g/mol. The first-order chi connectivity index (χ1) is 11.9. The Morgan fingerprint density at radius 3 is 2.28 bits per heavy atom.